The topological polar surface area (TPSA) is 25.2 Å². The van der Waals surface area contributed by atoms with Crippen molar-refractivity contribution in [1.29, 1.82) is 0 Å². The standard InChI is InChI=1S/C92H89N3O/c1-87(2,3)61-37-55(38-62(49-61)88(4,5)6)58-43-71(54-33-35-69(36-34-54)93(67-27-21-19-22-28-67)68-29-23-20-24-30-68)82-76(46-58)77-47-59(56-39-63(89(7,8)9)50-64(40-56)90(10,11)12)44-74-72-53-80-73(52-79(72)94(82)83(74)77)75-45-60(57-41-65(91(13,14)15)51-66(42-57)92(16,17)18)48-78-84(75)95(80)85-70-31-25-26-32-81(70)96-86(78)85/h19-53H,1-18H3. The maximum atomic E-state index is 7.08. The minimum absolute atomic E-state index is 0.0540. The third kappa shape index (κ3) is 9.90. The molecular formula is C92H89N3O. The molecule has 4 heteroatoms. The third-order valence-electron chi connectivity index (χ3n) is 21.0. The molecule has 0 radical (unpaired) electrons. The van der Waals surface area contributed by atoms with Crippen molar-refractivity contribution in [3.8, 4) is 44.5 Å². The fourth-order valence-electron chi connectivity index (χ4n) is 15.2. The second kappa shape index (κ2) is 20.9. The van der Waals surface area contributed by atoms with E-state index in [1.807, 2.05) is 0 Å². The van der Waals surface area contributed by atoms with Gasteiger partial charge in [-0.15, -0.1) is 0 Å². The number of hydrogen-bond acceptors (Lipinski definition) is 2. The Balaban J connectivity index is 1.07. The zero-order valence-electron chi connectivity index (χ0n) is 59.5. The van der Waals surface area contributed by atoms with Gasteiger partial charge in [0.05, 0.1) is 27.6 Å². The van der Waals surface area contributed by atoms with Gasteiger partial charge in [-0.1, -0.05) is 240 Å². The highest BCUT2D eigenvalue weighted by molar-refractivity contribution is 6.32. The molecule has 0 aliphatic carbocycles. The van der Waals surface area contributed by atoms with E-state index in [2.05, 4.69) is 351 Å². The zero-order valence-corrected chi connectivity index (χ0v) is 59.5. The number of para-hydroxylation sites is 3. The Bertz CT molecular complexity index is 5650. The predicted molar refractivity (Wildman–Crippen MR) is 414 cm³/mol. The van der Waals surface area contributed by atoms with E-state index < -0.39 is 0 Å². The first kappa shape index (κ1) is 61.2. The van der Waals surface area contributed by atoms with Crippen molar-refractivity contribution < 1.29 is 4.42 Å². The highest BCUT2D eigenvalue weighted by atomic mass is 16.3. The Kier molecular flexibility index (Phi) is 13.4. The van der Waals surface area contributed by atoms with E-state index in [9.17, 15) is 0 Å². The Morgan fingerprint density at radius 2 is 0.573 bits per heavy atom. The molecule has 0 aliphatic heterocycles. The van der Waals surface area contributed by atoms with Crippen molar-refractivity contribution in [2.75, 3.05) is 4.90 Å². The molecule has 0 unspecified atom stereocenters. The summed E-state index contributed by atoms with van der Waals surface area (Å²) in [4.78, 5) is 2.37. The molecule has 0 saturated heterocycles. The van der Waals surface area contributed by atoms with E-state index >= 15 is 0 Å². The number of aromatic nitrogens is 2. The Hall–Kier alpha value is -9.64. The minimum atomic E-state index is -0.0748. The maximum absolute atomic E-state index is 7.08. The maximum Gasteiger partial charge on any atom is 0.161 e. The SMILES string of the molecule is CC(C)(C)c1cc(-c2cc(-c3ccc(N(c4ccccc4)c4ccccc4)cc3)c3c(c2)c2cc(-c4cc(C(C)(C)C)cc(C(C)(C)C)c4)cc4c5cc6c(cc5n3c42)c2cc(-c3cc(C(C)(C)C)cc(C(C)(C)C)c3)cc3c4oc5ccccc5c4n6c23)cc(C(C)(C)C)c1. The first-order chi connectivity index (χ1) is 45.3. The third-order valence-corrected chi connectivity index (χ3v) is 21.0. The van der Waals surface area contributed by atoms with Crippen LogP contribution in [0.1, 0.15) is 158 Å². The summed E-state index contributed by atoms with van der Waals surface area (Å²) in [5, 5.41) is 9.65. The number of fused-ring (bicyclic) bond motifs is 14. The molecule has 0 atom stereocenters. The van der Waals surface area contributed by atoms with Gasteiger partial charge in [0.15, 0.2) is 5.58 Å². The van der Waals surface area contributed by atoms with Crippen LogP contribution in [-0.4, -0.2) is 8.80 Å². The van der Waals surface area contributed by atoms with Crippen LogP contribution in [0.3, 0.4) is 0 Å². The van der Waals surface area contributed by atoms with Gasteiger partial charge in [-0.2, -0.15) is 0 Å². The molecular weight excluding hydrogens is 1160 g/mol. The normalized spacial score (nSPS) is 13.3. The van der Waals surface area contributed by atoms with Gasteiger partial charge in [-0.3, -0.25) is 0 Å². The smallest absolute Gasteiger partial charge is 0.161 e. The molecule has 16 aromatic rings. The van der Waals surface area contributed by atoms with E-state index in [0.717, 1.165) is 50.1 Å². The fraction of sp³-hybridized carbons (Fsp3) is 0.261. The van der Waals surface area contributed by atoms with Crippen LogP contribution < -0.4 is 4.90 Å². The van der Waals surface area contributed by atoms with Gasteiger partial charge in [0.2, 0.25) is 0 Å². The van der Waals surface area contributed by atoms with Crippen molar-refractivity contribution in [2.24, 2.45) is 0 Å². The quantitative estimate of drug-likeness (QED) is 0.159. The van der Waals surface area contributed by atoms with E-state index in [1.54, 1.807) is 0 Å². The number of anilines is 3. The lowest BCUT2D eigenvalue weighted by molar-refractivity contribution is 0.568. The highest BCUT2D eigenvalue weighted by Crippen LogP contribution is 2.52. The fourth-order valence-corrected chi connectivity index (χ4v) is 15.2. The van der Waals surface area contributed by atoms with Crippen LogP contribution >= 0.6 is 0 Å². The van der Waals surface area contributed by atoms with Gasteiger partial charge in [-0.25, -0.2) is 0 Å². The second-order valence-electron chi connectivity index (χ2n) is 34.0. The van der Waals surface area contributed by atoms with Gasteiger partial charge in [0.25, 0.3) is 0 Å². The van der Waals surface area contributed by atoms with E-state index in [1.165, 1.54) is 132 Å². The predicted octanol–water partition coefficient (Wildman–Crippen LogP) is 26.7. The van der Waals surface area contributed by atoms with Crippen molar-refractivity contribution in [3.63, 3.8) is 0 Å². The average molecular weight is 1250 g/mol. The lowest BCUT2D eigenvalue weighted by Gasteiger charge is -2.26. The zero-order chi connectivity index (χ0) is 67.2. The molecule has 4 nitrogen and oxygen atoms in total. The van der Waals surface area contributed by atoms with Gasteiger partial charge >= 0.3 is 0 Å². The molecule has 16 rings (SSSR count). The number of hydrogen-bond donors (Lipinski definition) is 0. The van der Waals surface area contributed by atoms with Crippen molar-refractivity contribution in [3.05, 3.63) is 246 Å². The molecule has 5 aromatic heterocycles. The summed E-state index contributed by atoms with van der Waals surface area (Å²) < 4.78 is 12.3. The number of nitrogens with zero attached hydrogens (tertiary/aromatic N) is 3. The molecule has 0 saturated carbocycles. The van der Waals surface area contributed by atoms with Crippen LogP contribution in [0.25, 0.3) is 132 Å². The lowest BCUT2D eigenvalue weighted by atomic mass is 9.78. The molecule has 478 valence electrons. The number of benzene rings is 11. The summed E-state index contributed by atoms with van der Waals surface area (Å²) in [6.07, 6.45) is 0. The first-order valence-electron chi connectivity index (χ1n) is 34.7. The molecule has 0 bridgehead atoms. The van der Waals surface area contributed by atoms with Crippen molar-refractivity contribution in [2.45, 2.75) is 157 Å². The van der Waals surface area contributed by atoms with E-state index in [-0.39, 0.29) is 32.5 Å². The van der Waals surface area contributed by atoms with Crippen LogP contribution in [0.15, 0.2) is 217 Å². The largest absolute Gasteiger partial charge is 0.454 e. The van der Waals surface area contributed by atoms with Crippen LogP contribution in [-0.2, 0) is 32.5 Å². The summed E-state index contributed by atoms with van der Waals surface area (Å²) in [6.45, 7) is 42.3. The highest BCUT2D eigenvalue weighted by Gasteiger charge is 2.31. The summed E-state index contributed by atoms with van der Waals surface area (Å²) in [5.41, 5.74) is 29.6. The van der Waals surface area contributed by atoms with Crippen molar-refractivity contribution >= 4 is 104 Å². The van der Waals surface area contributed by atoms with E-state index in [0.29, 0.717) is 0 Å². The average Bonchev–Trinajstić information content (AvgIpc) is 1.51. The molecule has 0 aliphatic rings. The summed E-state index contributed by atoms with van der Waals surface area (Å²) in [6, 6.07) is 81.8. The Morgan fingerprint density at radius 3 is 0.990 bits per heavy atom. The molecule has 11 aromatic carbocycles. The van der Waals surface area contributed by atoms with Gasteiger partial charge in [0.1, 0.15) is 11.1 Å². The van der Waals surface area contributed by atoms with Gasteiger partial charge in [-0.05, 0) is 202 Å². The molecule has 0 spiro atoms. The Morgan fingerprint density at radius 1 is 0.250 bits per heavy atom. The van der Waals surface area contributed by atoms with E-state index in [4.69, 9.17) is 4.42 Å². The van der Waals surface area contributed by atoms with Crippen LogP contribution in [0, 0.1) is 0 Å². The minimum Gasteiger partial charge on any atom is -0.454 e. The summed E-state index contributed by atoms with van der Waals surface area (Å²) in [5.74, 6) is 0. The number of furan rings is 1. The van der Waals surface area contributed by atoms with Crippen molar-refractivity contribution in [1.82, 2.24) is 8.80 Å². The van der Waals surface area contributed by atoms with Gasteiger partial charge < -0.3 is 18.1 Å². The van der Waals surface area contributed by atoms with Crippen LogP contribution in [0.2, 0.25) is 0 Å². The molecule has 96 heavy (non-hydrogen) atoms. The Labute approximate surface area is 566 Å². The van der Waals surface area contributed by atoms with Crippen LogP contribution in [0.5, 0.6) is 0 Å². The summed E-state index contributed by atoms with van der Waals surface area (Å²) >= 11 is 0. The van der Waals surface area contributed by atoms with Gasteiger partial charge in [0, 0.05) is 65.7 Å². The molecule has 0 N–H and O–H groups in total. The molecule has 5 heterocycles. The second-order valence-corrected chi connectivity index (χ2v) is 34.0. The van der Waals surface area contributed by atoms with Crippen LogP contribution in [0.4, 0.5) is 17.1 Å². The lowest BCUT2D eigenvalue weighted by Crippen LogP contribution is -2.16. The molecule has 0 fully saturated rings. The summed E-state index contributed by atoms with van der Waals surface area (Å²) in [7, 11) is 0. The first-order valence-corrected chi connectivity index (χ1v) is 34.7. The monoisotopic (exact) mass is 1250 g/mol. The molecule has 0 amide bonds. The number of rotatable bonds is 7.